The summed E-state index contributed by atoms with van der Waals surface area (Å²) in [5.74, 6) is -0.850. The maximum Gasteiger partial charge on any atom is 0.338 e. The SMILES string of the molecule is COC(=O)CCOC(=O)c1ccccc1-c1ccccc1. The van der Waals surface area contributed by atoms with E-state index < -0.39 is 11.9 Å². The molecule has 2 rings (SSSR count). The molecule has 21 heavy (non-hydrogen) atoms. The van der Waals surface area contributed by atoms with Crippen molar-refractivity contribution in [1.82, 2.24) is 0 Å². The summed E-state index contributed by atoms with van der Waals surface area (Å²) in [7, 11) is 1.30. The molecular weight excluding hydrogens is 268 g/mol. The molecule has 0 unspecified atom stereocenters. The zero-order valence-corrected chi connectivity index (χ0v) is 11.7. The molecular formula is C17H16O4. The third-order valence-electron chi connectivity index (χ3n) is 3.00. The molecule has 0 heterocycles. The summed E-state index contributed by atoms with van der Waals surface area (Å²) in [5.41, 5.74) is 2.23. The predicted molar refractivity (Wildman–Crippen MR) is 78.8 cm³/mol. The van der Waals surface area contributed by atoms with Crippen LogP contribution in [0.1, 0.15) is 16.8 Å². The van der Waals surface area contributed by atoms with Crippen molar-refractivity contribution < 1.29 is 19.1 Å². The van der Waals surface area contributed by atoms with E-state index in [-0.39, 0.29) is 13.0 Å². The smallest absolute Gasteiger partial charge is 0.338 e. The van der Waals surface area contributed by atoms with Crippen molar-refractivity contribution in [2.75, 3.05) is 13.7 Å². The van der Waals surface area contributed by atoms with Crippen LogP contribution >= 0.6 is 0 Å². The first-order valence-electron chi connectivity index (χ1n) is 6.61. The van der Waals surface area contributed by atoms with Crippen molar-refractivity contribution in [3.05, 3.63) is 60.2 Å². The molecule has 0 spiro atoms. The fourth-order valence-corrected chi connectivity index (χ4v) is 1.94. The lowest BCUT2D eigenvalue weighted by Gasteiger charge is -2.09. The maximum atomic E-state index is 12.1. The fraction of sp³-hybridized carbons (Fsp3) is 0.176. The summed E-state index contributed by atoms with van der Waals surface area (Å²) in [6.07, 6.45) is 0.0513. The van der Waals surface area contributed by atoms with Gasteiger partial charge in [-0.25, -0.2) is 4.79 Å². The minimum Gasteiger partial charge on any atom is -0.469 e. The molecule has 0 saturated heterocycles. The number of carbonyl (C=O) groups is 2. The Kier molecular flexibility index (Phi) is 5.10. The molecule has 0 aliphatic rings. The quantitative estimate of drug-likeness (QED) is 0.792. The second-order valence-corrected chi connectivity index (χ2v) is 4.37. The number of hydrogen-bond acceptors (Lipinski definition) is 4. The van der Waals surface area contributed by atoms with Gasteiger partial charge < -0.3 is 9.47 Å². The average Bonchev–Trinajstić information content (AvgIpc) is 2.55. The van der Waals surface area contributed by atoms with Crippen LogP contribution in [0, 0.1) is 0 Å². The van der Waals surface area contributed by atoms with Crippen LogP contribution in [0.15, 0.2) is 54.6 Å². The maximum absolute atomic E-state index is 12.1. The molecule has 108 valence electrons. The Morgan fingerprint density at radius 3 is 2.33 bits per heavy atom. The van der Waals surface area contributed by atoms with Gasteiger partial charge in [-0.1, -0.05) is 48.5 Å². The third-order valence-corrected chi connectivity index (χ3v) is 3.00. The van der Waals surface area contributed by atoms with Gasteiger partial charge in [-0.05, 0) is 17.2 Å². The highest BCUT2D eigenvalue weighted by molar-refractivity contribution is 5.97. The van der Waals surface area contributed by atoms with E-state index in [1.54, 1.807) is 12.1 Å². The number of ether oxygens (including phenoxy) is 2. The lowest BCUT2D eigenvalue weighted by atomic mass is 10.00. The first-order chi connectivity index (χ1) is 10.2. The summed E-state index contributed by atoms with van der Waals surface area (Å²) >= 11 is 0. The number of esters is 2. The fourth-order valence-electron chi connectivity index (χ4n) is 1.94. The van der Waals surface area contributed by atoms with E-state index in [1.165, 1.54) is 7.11 Å². The van der Waals surface area contributed by atoms with Crippen LogP contribution < -0.4 is 0 Å². The summed E-state index contributed by atoms with van der Waals surface area (Å²) in [5, 5.41) is 0. The topological polar surface area (TPSA) is 52.6 Å². The van der Waals surface area contributed by atoms with Gasteiger partial charge in [0, 0.05) is 0 Å². The minimum absolute atomic E-state index is 0.00856. The number of rotatable bonds is 5. The van der Waals surface area contributed by atoms with E-state index in [0.29, 0.717) is 5.56 Å². The average molecular weight is 284 g/mol. The summed E-state index contributed by atoms with van der Waals surface area (Å²) in [6.45, 7) is 0.00856. The van der Waals surface area contributed by atoms with Gasteiger partial charge in [-0.15, -0.1) is 0 Å². The largest absolute Gasteiger partial charge is 0.469 e. The third kappa shape index (κ3) is 3.92. The van der Waals surface area contributed by atoms with Gasteiger partial charge in [-0.3, -0.25) is 4.79 Å². The van der Waals surface area contributed by atoms with E-state index in [1.807, 2.05) is 42.5 Å². The number of hydrogen-bond donors (Lipinski definition) is 0. The molecule has 0 aliphatic carbocycles. The highest BCUT2D eigenvalue weighted by atomic mass is 16.5. The molecule has 4 nitrogen and oxygen atoms in total. The minimum atomic E-state index is -0.446. The number of benzene rings is 2. The Bertz CT molecular complexity index is 620. The summed E-state index contributed by atoms with van der Waals surface area (Å²) < 4.78 is 9.62. The van der Waals surface area contributed by atoms with Crippen molar-refractivity contribution in [1.29, 1.82) is 0 Å². The van der Waals surface area contributed by atoms with E-state index >= 15 is 0 Å². The van der Waals surface area contributed by atoms with Crippen LogP contribution in [0.5, 0.6) is 0 Å². The van der Waals surface area contributed by atoms with Crippen LogP contribution in [0.25, 0.3) is 11.1 Å². The second kappa shape index (κ2) is 7.24. The van der Waals surface area contributed by atoms with Crippen molar-refractivity contribution in [3.8, 4) is 11.1 Å². The van der Waals surface area contributed by atoms with Crippen molar-refractivity contribution in [3.63, 3.8) is 0 Å². The summed E-state index contributed by atoms with van der Waals surface area (Å²) in [6, 6.07) is 16.8. The predicted octanol–water partition coefficient (Wildman–Crippen LogP) is 3.07. The molecule has 0 N–H and O–H groups in total. The van der Waals surface area contributed by atoms with Gasteiger partial charge >= 0.3 is 11.9 Å². The molecule has 2 aromatic rings. The molecule has 0 bridgehead atoms. The molecule has 4 heteroatoms. The van der Waals surface area contributed by atoms with Crippen LogP contribution in [-0.2, 0) is 14.3 Å². The molecule has 0 radical (unpaired) electrons. The first-order valence-corrected chi connectivity index (χ1v) is 6.61. The lowest BCUT2D eigenvalue weighted by Crippen LogP contribution is -2.11. The zero-order valence-electron chi connectivity index (χ0n) is 11.7. The van der Waals surface area contributed by atoms with E-state index in [4.69, 9.17) is 4.74 Å². The van der Waals surface area contributed by atoms with Gasteiger partial charge in [0.15, 0.2) is 0 Å². The molecule has 0 atom stereocenters. The first kappa shape index (κ1) is 14.8. The van der Waals surface area contributed by atoms with Gasteiger partial charge in [0.25, 0.3) is 0 Å². The molecule has 0 aromatic heterocycles. The van der Waals surface area contributed by atoms with Gasteiger partial charge in [0.2, 0.25) is 0 Å². The Hall–Kier alpha value is -2.62. The van der Waals surface area contributed by atoms with Crippen LogP contribution in [-0.4, -0.2) is 25.7 Å². The molecule has 0 saturated carbocycles. The Morgan fingerprint density at radius 1 is 0.952 bits per heavy atom. The molecule has 0 amide bonds. The van der Waals surface area contributed by atoms with E-state index in [2.05, 4.69) is 4.74 Å². The number of methoxy groups -OCH3 is 1. The van der Waals surface area contributed by atoms with Crippen molar-refractivity contribution in [2.45, 2.75) is 6.42 Å². The van der Waals surface area contributed by atoms with Crippen molar-refractivity contribution >= 4 is 11.9 Å². The molecule has 0 fully saturated rings. The van der Waals surface area contributed by atoms with E-state index in [0.717, 1.165) is 11.1 Å². The highest BCUT2D eigenvalue weighted by Gasteiger charge is 2.14. The molecule has 2 aromatic carbocycles. The van der Waals surface area contributed by atoms with Crippen molar-refractivity contribution in [2.24, 2.45) is 0 Å². The van der Waals surface area contributed by atoms with Gasteiger partial charge in [-0.2, -0.15) is 0 Å². The zero-order chi connectivity index (χ0) is 15.1. The van der Waals surface area contributed by atoms with E-state index in [9.17, 15) is 9.59 Å². The Morgan fingerprint density at radius 2 is 1.62 bits per heavy atom. The van der Waals surface area contributed by atoms with Gasteiger partial charge in [0.1, 0.15) is 6.61 Å². The second-order valence-electron chi connectivity index (χ2n) is 4.37. The lowest BCUT2D eigenvalue weighted by molar-refractivity contribution is -0.141. The summed E-state index contributed by atoms with van der Waals surface area (Å²) in [4.78, 5) is 23.1. The monoisotopic (exact) mass is 284 g/mol. The van der Waals surface area contributed by atoms with Gasteiger partial charge in [0.05, 0.1) is 19.1 Å². The Balaban J connectivity index is 2.13. The number of carbonyl (C=O) groups excluding carboxylic acids is 2. The normalized spacial score (nSPS) is 9.95. The molecule has 0 aliphatic heterocycles. The Labute approximate surface area is 123 Å². The highest BCUT2D eigenvalue weighted by Crippen LogP contribution is 2.23. The standard InChI is InChI=1S/C17H16O4/c1-20-16(18)11-12-21-17(19)15-10-6-5-9-14(15)13-7-3-2-4-8-13/h2-10H,11-12H2,1H3. The van der Waals surface area contributed by atoms with Crippen LogP contribution in [0.3, 0.4) is 0 Å². The van der Waals surface area contributed by atoms with Crippen LogP contribution in [0.2, 0.25) is 0 Å². The van der Waals surface area contributed by atoms with Crippen LogP contribution in [0.4, 0.5) is 0 Å².